The normalized spacial score (nSPS) is 31.2. The second-order valence-electron chi connectivity index (χ2n) is 5.10. The zero-order chi connectivity index (χ0) is 9.90. The van der Waals surface area contributed by atoms with Crippen LogP contribution in [0.3, 0.4) is 0 Å². The maximum absolute atomic E-state index is 9.48. The van der Waals surface area contributed by atoms with Crippen LogP contribution in [0, 0.1) is 11.3 Å². The Kier molecular flexibility index (Phi) is 3.74. The largest absolute Gasteiger partial charge is 0.396 e. The molecule has 1 saturated heterocycles. The number of piperidine rings is 1. The molecule has 1 rings (SSSR count). The van der Waals surface area contributed by atoms with Crippen molar-refractivity contribution in [3.63, 3.8) is 0 Å². The van der Waals surface area contributed by atoms with Gasteiger partial charge in [-0.15, -0.1) is 0 Å². The maximum atomic E-state index is 9.48. The minimum atomic E-state index is 0.196. The molecular weight excluding hydrogens is 162 g/mol. The highest BCUT2D eigenvalue weighted by Gasteiger charge is 2.33. The van der Waals surface area contributed by atoms with Crippen molar-refractivity contribution in [2.24, 2.45) is 11.3 Å². The van der Waals surface area contributed by atoms with Crippen LogP contribution >= 0.6 is 0 Å². The Balaban J connectivity index is 2.56. The number of hydrogen-bond donors (Lipinski definition) is 1. The molecule has 2 heteroatoms. The van der Waals surface area contributed by atoms with Gasteiger partial charge in [0.05, 0.1) is 0 Å². The van der Waals surface area contributed by atoms with Crippen molar-refractivity contribution < 1.29 is 5.11 Å². The highest BCUT2D eigenvalue weighted by atomic mass is 16.3. The Bertz CT molecular complexity index is 154. The van der Waals surface area contributed by atoms with Gasteiger partial charge in [-0.3, -0.25) is 0 Å². The van der Waals surface area contributed by atoms with Crippen LogP contribution in [0.15, 0.2) is 0 Å². The quantitative estimate of drug-likeness (QED) is 0.724. The molecule has 0 spiro atoms. The summed E-state index contributed by atoms with van der Waals surface area (Å²) in [6.07, 6.45) is 3.60. The first-order chi connectivity index (χ1) is 6.08. The van der Waals surface area contributed by atoms with Gasteiger partial charge in [0.25, 0.3) is 0 Å². The number of nitrogens with zero attached hydrogens (tertiary/aromatic N) is 1. The third-order valence-corrected chi connectivity index (χ3v) is 3.03. The first-order valence-corrected chi connectivity index (χ1v) is 5.37. The molecule has 0 aromatic heterocycles. The van der Waals surface area contributed by atoms with Crippen LogP contribution < -0.4 is 0 Å². The molecule has 0 aromatic rings. The summed E-state index contributed by atoms with van der Waals surface area (Å²) < 4.78 is 0. The maximum Gasteiger partial charge on any atom is 0.0499 e. The van der Waals surface area contributed by atoms with Gasteiger partial charge in [0.15, 0.2) is 0 Å². The number of aliphatic hydroxyl groups is 1. The molecule has 1 atom stereocenters. The molecule has 2 nitrogen and oxygen atoms in total. The number of likely N-dealkylation sites (tertiary alicyclic amines) is 1. The van der Waals surface area contributed by atoms with Crippen molar-refractivity contribution in [1.82, 2.24) is 4.90 Å². The Hall–Kier alpha value is -0.0800. The zero-order valence-electron chi connectivity index (χ0n) is 9.21. The molecule has 0 radical (unpaired) electrons. The minimum absolute atomic E-state index is 0.196. The molecule has 1 aliphatic rings. The molecule has 13 heavy (non-hydrogen) atoms. The fourth-order valence-corrected chi connectivity index (χ4v) is 2.68. The standard InChI is InChI=1S/C11H23NO/c1-10(2)7-11(9-13)5-4-6-12(3)8-11/h10,13H,4-9H2,1-3H3. The monoisotopic (exact) mass is 185 g/mol. The topological polar surface area (TPSA) is 23.5 Å². The van der Waals surface area contributed by atoms with Crippen LogP contribution in [0.1, 0.15) is 33.1 Å². The first-order valence-electron chi connectivity index (χ1n) is 5.37. The van der Waals surface area contributed by atoms with Gasteiger partial charge in [-0.05, 0) is 38.8 Å². The van der Waals surface area contributed by atoms with Gasteiger partial charge in [-0.2, -0.15) is 0 Å². The van der Waals surface area contributed by atoms with Gasteiger partial charge in [-0.25, -0.2) is 0 Å². The average molecular weight is 185 g/mol. The second kappa shape index (κ2) is 4.43. The van der Waals surface area contributed by atoms with E-state index >= 15 is 0 Å². The number of rotatable bonds is 3. The van der Waals surface area contributed by atoms with Crippen molar-refractivity contribution >= 4 is 0 Å². The van der Waals surface area contributed by atoms with E-state index in [1.54, 1.807) is 0 Å². The minimum Gasteiger partial charge on any atom is -0.396 e. The lowest BCUT2D eigenvalue weighted by Gasteiger charge is -2.41. The predicted octanol–water partition coefficient (Wildman–Crippen LogP) is 1.74. The zero-order valence-corrected chi connectivity index (χ0v) is 9.21. The molecule has 78 valence electrons. The molecule has 1 N–H and O–H groups in total. The Morgan fingerprint density at radius 3 is 2.62 bits per heavy atom. The van der Waals surface area contributed by atoms with Crippen molar-refractivity contribution in [1.29, 1.82) is 0 Å². The average Bonchev–Trinajstić information content (AvgIpc) is 2.03. The second-order valence-corrected chi connectivity index (χ2v) is 5.10. The lowest BCUT2D eigenvalue weighted by Crippen LogP contribution is -2.44. The fourth-order valence-electron chi connectivity index (χ4n) is 2.68. The molecule has 1 fully saturated rings. The predicted molar refractivity (Wildman–Crippen MR) is 55.7 cm³/mol. The van der Waals surface area contributed by atoms with E-state index in [1.807, 2.05) is 0 Å². The molecular formula is C11H23NO. The molecule has 0 aromatic carbocycles. The summed E-state index contributed by atoms with van der Waals surface area (Å²) >= 11 is 0. The van der Waals surface area contributed by atoms with E-state index in [9.17, 15) is 5.11 Å². The van der Waals surface area contributed by atoms with Crippen molar-refractivity contribution in [2.75, 3.05) is 26.7 Å². The third kappa shape index (κ3) is 2.96. The molecule has 0 aliphatic carbocycles. The van der Waals surface area contributed by atoms with Gasteiger partial charge >= 0.3 is 0 Å². The van der Waals surface area contributed by atoms with Crippen LogP contribution in [0.25, 0.3) is 0 Å². The van der Waals surface area contributed by atoms with E-state index in [1.165, 1.54) is 19.4 Å². The summed E-state index contributed by atoms with van der Waals surface area (Å²) in [5.74, 6) is 0.693. The highest BCUT2D eigenvalue weighted by Crippen LogP contribution is 2.35. The van der Waals surface area contributed by atoms with Crippen molar-refractivity contribution in [3.05, 3.63) is 0 Å². The summed E-state index contributed by atoms with van der Waals surface area (Å²) in [6, 6.07) is 0. The summed E-state index contributed by atoms with van der Waals surface area (Å²) in [5.41, 5.74) is 0.196. The van der Waals surface area contributed by atoms with E-state index in [0.29, 0.717) is 12.5 Å². The third-order valence-electron chi connectivity index (χ3n) is 3.03. The summed E-state index contributed by atoms with van der Waals surface area (Å²) in [5, 5.41) is 9.48. The Labute approximate surface area is 81.9 Å². The SMILES string of the molecule is CC(C)CC1(CO)CCCN(C)C1. The van der Waals surface area contributed by atoms with E-state index in [2.05, 4.69) is 25.8 Å². The number of aliphatic hydroxyl groups excluding tert-OH is 1. The summed E-state index contributed by atoms with van der Waals surface area (Å²) in [4.78, 5) is 2.35. The van der Waals surface area contributed by atoms with Crippen LogP contribution in [-0.2, 0) is 0 Å². The lowest BCUT2D eigenvalue weighted by atomic mass is 9.75. The van der Waals surface area contributed by atoms with Gasteiger partial charge < -0.3 is 10.0 Å². The molecule has 0 amide bonds. The van der Waals surface area contributed by atoms with Crippen molar-refractivity contribution in [3.8, 4) is 0 Å². The van der Waals surface area contributed by atoms with Crippen LogP contribution in [0.5, 0.6) is 0 Å². The van der Waals surface area contributed by atoms with Crippen LogP contribution in [0.4, 0.5) is 0 Å². The van der Waals surface area contributed by atoms with Crippen molar-refractivity contribution in [2.45, 2.75) is 33.1 Å². The lowest BCUT2D eigenvalue weighted by molar-refractivity contribution is 0.0267. The van der Waals surface area contributed by atoms with E-state index in [0.717, 1.165) is 13.0 Å². The van der Waals surface area contributed by atoms with Gasteiger partial charge in [-0.1, -0.05) is 13.8 Å². The van der Waals surface area contributed by atoms with E-state index in [4.69, 9.17) is 0 Å². The fraction of sp³-hybridized carbons (Fsp3) is 1.00. The summed E-state index contributed by atoms with van der Waals surface area (Å²) in [6.45, 7) is 7.11. The van der Waals surface area contributed by atoms with Crippen LogP contribution in [0.2, 0.25) is 0 Å². The highest BCUT2D eigenvalue weighted by molar-refractivity contribution is 4.86. The van der Waals surface area contributed by atoms with E-state index < -0.39 is 0 Å². The molecule has 1 unspecified atom stereocenters. The molecule has 1 heterocycles. The summed E-state index contributed by atoms with van der Waals surface area (Å²) in [7, 11) is 2.16. The van der Waals surface area contributed by atoms with Gasteiger partial charge in [0.1, 0.15) is 0 Å². The Morgan fingerprint density at radius 1 is 1.46 bits per heavy atom. The number of hydrogen-bond acceptors (Lipinski definition) is 2. The van der Waals surface area contributed by atoms with Crippen LogP contribution in [-0.4, -0.2) is 36.8 Å². The molecule has 0 saturated carbocycles. The van der Waals surface area contributed by atoms with E-state index in [-0.39, 0.29) is 5.41 Å². The smallest absolute Gasteiger partial charge is 0.0499 e. The molecule has 0 bridgehead atoms. The Morgan fingerprint density at radius 2 is 2.15 bits per heavy atom. The van der Waals surface area contributed by atoms with Gasteiger partial charge in [0, 0.05) is 18.6 Å². The molecule has 1 aliphatic heterocycles. The first kappa shape index (κ1) is 11.0. The van der Waals surface area contributed by atoms with Gasteiger partial charge in [0.2, 0.25) is 0 Å².